The lowest BCUT2D eigenvalue weighted by Crippen LogP contribution is -2.08. The van der Waals surface area contributed by atoms with Gasteiger partial charge < -0.3 is 0 Å². The van der Waals surface area contributed by atoms with E-state index in [4.69, 9.17) is 0 Å². The number of hydrogen-bond donors (Lipinski definition) is 0. The summed E-state index contributed by atoms with van der Waals surface area (Å²) in [6.07, 6.45) is 3.52. The molecule has 0 nitrogen and oxygen atoms in total. The van der Waals surface area contributed by atoms with Gasteiger partial charge in [0.1, 0.15) is 0 Å². The zero-order valence-corrected chi connectivity index (χ0v) is 12.8. The van der Waals surface area contributed by atoms with Gasteiger partial charge in [-0.15, -0.1) is 0 Å². The molecule has 3 rings (SSSR count). The molecule has 0 unspecified atom stereocenters. The summed E-state index contributed by atoms with van der Waals surface area (Å²) in [4.78, 5) is 0. The predicted octanol–water partition coefficient (Wildman–Crippen LogP) is 5.65. The summed E-state index contributed by atoms with van der Waals surface area (Å²) in [5.41, 5.74) is 8.79. The van der Waals surface area contributed by atoms with Crippen molar-refractivity contribution >= 4 is 6.08 Å². The highest BCUT2D eigenvalue weighted by molar-refractivity contribution is 5.83. The molecule has 1 aliphatic rings. The molecule has 0 aliphatic heterocycles. The van der Waals surface area contributed by atoms with E-state index in [2.05, 4.69) is 76.2 Å². The van der Waals surface area contributed by atoms with E-state index in [-0.39, 0.29) is 5.41 Å². The van der Waals surface area contributed by atoms with Crippen LogP contribution in [0.4, 0.5) is 0 Å². The van der Waals surface area contributed by atoms with Crippen LogP contribution in [0.15, 0.2) is 48.0 Å². The zero-order valence-electron chi connectivity index (χ0n) is 12.8. The van der Waals surface area contributed by atoms with E-state index in [1.807, 2.05) is 0 Å². The molecule has 0 amide bonds. The Labute approximate surface area is 122 Å². The maximum atomic E-state index is 2.42. The van der Waals surface area contributed by atoms with E-state index in [1.54, 1.807) is 0 Å². The van der Waals surface area contributed by atoms with Crippen LogP contribution in [-0.2, 0) is 6.42 Å². The highest BCUT2D eigenvalue weighted by atomic mass is 14.3. The van der Waals surface area contributed by atoms with Crippen LogP contribution in [0.1, 0.15) is 37.5 Å². The minimum absolute atomic E-state index is 0.251. The monoisotopic (exact) mass is 262 g/mol. The fourth-order valence-corrected chi connectivity index (χ4v) is 2.99. The minimum Gasteiger partial charge on any atom is -0.0622 e. The predicted molar refractivity (Wildman–Crippen MR) is 87.8 cm³/mol. The van der Waals surface area contributed by atoms with Crippen LogP contribution in [0.3, 0.4) is 0 Å². The zero-order chi connectivity index (χ0) is 14.3. The summed E-state index contributed by atoms with van der Waals surface area (Å²) >= 11 is 0. The molecule has 0 radical (unpaired) electrons. The second-order valence-electron chi connectivity index (χ2n) is 6.79. The smallest absolute Gasteiger partial charge is 0.00523 e. The highest BCUT2D eigenvalue weighted by Crippen LogP contribution is 2.41. The van der Waals surface area contributed by atoms with Crippen LogP contribution in [0, 0.1) is 12.3 Å². The molecule has 0 saturated carbocycles. The molecule has 2 aromatic rings. The van der Waals surface area contributed by atoms with E-state index in [0.717, 1.165) is 6.42 Å². The minimum atomic E-state index is 0.251. The second-order valence-corrected chi connectivity index (χ2v) is 6.79. The van der Waals surface area contributed by atoms with Gasteiger partial charge in [-0.05, 0) is 46.6 Å². The molecule has 0 heteroatoms. The Hall–Kier alpha value is -1.82. The van der Waals surface area contributed by atoms with Gasteiger partial charge in [0, 0.05) is 0 Å². The first-order valence-electron chi connectivity index (χ1n) is 7.36. The largest absolute Gasteiger partial charge is 0.0622 e. The Morgan fingerprint density at radius 3 is 2.25 bits per heavy atom. The molecule has 20 heavy (non-hydrogen) atoms. The molecular formula is C20H22. The molecule has 102 valence electrons. The first kappa shape index (κ1) is 13.2. The van der Waals surface area contributed by atoms with Crippen LogP contribution in [0.25, 0.3) is 17.2 Å². The molecule has 0 spiro atoms. The molecule has 0 N–H and O–H groups in total. The molecule has 0 heterocycles. The van der Waals surface area contributed by atoms with Crippen LogP contribution in [-0.4, -0.2) is 0 Å². The Morgan fingerprint density at radius 2 is 1.60 bits per heavy atom. The molecule has 0 atom stereocenters. The Morgan fingerprint density at radius 1 is 0.900 bits per heavy atom. The van der Waals surface area contributed by atoms with Crippen molar-refractivity contribution in [1.82, 2.24) is 0 Å². The van der Waals surface area contributed by atoms with Gasteiger partial charge in [0.05, 0.1) is 0 Å². The van der Waals surface area contributed by atoms with E-state index >= 15 is 0 Å². The maximum absolute atomic E-state index is 2.42. The average molecular weight is 262 g/mol. The lowest BCUT2D eigenvalue weighted by molar-refractivity contribution is 0.498. The average Bonchev–Trinajstić information content (AvgIpc) is 2.83. The summed E-state index contributed by atoms with van der Waals surface area (Å²) < 4.78 is 0. The van der Waals surface area contributed by atoms with Crippen LogP contribution in [0.5, 0.6) is 0 Å². The molecule has 0 aromatic heterocycles. The van der Waals surface area contributed by atoms with Crippen molar-refractivity contribution in [2.24, 2.45) is 5.41 Å². The van der Waals surface area contributed by atoms with Crippen molar-refractivity contribution in [1.29, 1.82) is 0 Å². The summed E-state index contributed by atoms with van der Waals surface area (Å²) in [5.74, 6) is 0. The first-order chi connectivity index (χ1) is 9.47. The van der Waals surface area contributed by atoms with Crippen molar-refractivity contribution in [3.63, 3.8) is 0 Å². The molecule has 0 fully saturated rings. The highest BCUT2D eigenvalue weighted by Gasteiger charge is 2.25. The third-order valence-corrected chi connectivity index (χ3v) is 4.27. The SMILES string of the molecule is Cc1ccc2c(c1-c1ccccc1)C=C(C(C)(C)C)C2. The normalized spacial score (nSPS) is 14.1. The van der Waals surface area contributed by atoms with Gasteiger partial charge in [0.2, 0.25) is 0 Å². The number of fused-ring (bicyclic) bond motifs is 1. The van der Waals surface area contributed by atoms with Crippen molar-refractivity contribution in [3.05, 3.63) is 64.7 Å². The van der Waals surface area contributed by atoms with Gasteiger partial charge in [0.15, 0.2) is 0 Å². The standard InChI is InChI=1S/C20H22/c1-14-10-11-16-12-17(20(2,3)4)13-18(16)19(14)15-8-6-5-7-9-15/h5-11,13H,12H2,1-4H3. The fraction of sp³-hybridized carbons (Fsp3) is 0.300. The summed E-state index contributed by atoms with van der Waals surface area (Å²) in [5, 5.41) is 0. The quantitative estimate of drug-likeness (QED) is 0.623. The molecule has 1 aliphatic carbocycles. The summed E-state index contributed by atoms with van der Waals surface area (Å²) in [7, 11) is 0. The van der Waals surface area contributed by atoms with Gasteiger partial charge in [0.25, 0.3) is 0 Å². The molecule has 0 bridgehead atoms. The van der Waals surface area contributed by atoms with E-state index in [0.29, 0.717) is 0 Å². The second kappa shape index (κ2) is 4.63. The van der Waals surface area contributed by atoms with Crippen molar-refractivity contribution < 1.29 is 0 Å². The molecule has 0 saturated heterocycles. The van der Waals surface area contributed by atoms with Gasteiger partial charge in [-0.1, -0.05) is 74.9 Å². The van der Waals surface area contributed by atoms with Crippen LogP contribution < -0.4 is 0 Å². The van der Waals surface area contributed by atoms with Gasteiger partial charge in [-0.2, -0.15) is 0 Å². The van der Waals surface area contributed by atoms with E-state index < -0.39 is 0 Å². The van der Waals surface area contributed by atoms with Crippen LogP contribution in [0.2, 0.25) is 0 Å². The Kier molecular flexibility index (Phi) is 3.05. The number of allylic oxidation sites excluding steroid dienone is 1. The van der Waals surface area contributed by atoms with Crippen LogP contribution >= 0.6 is 0 Å². The van der Waals surface area contributed by atoms with Crippen molar-refractivity contribution in [2.45, 2.75) is 34.1 Å². The van der Waals surface area contributed by atoms with E-state index in [9.17, 15) is 0 Å². The Bertz CT molecular complexity index is 667. The maximum Gasteiger partial charge on any atom is -0.00523 e. The number of benzene rings is 2. The Balaban J connectivity index is 2.19. The van der Waals surface area contributed by atoms with Gasteiger partial charge in [-0.25, -0.2) is 0 Å². The van der Waals surface area contributed by atoms with Gasteiger partial charge >= 0.3 is 0 Å². The topological polar surface area (TPSA) is 0 Å². The van der Waals surface area contributed by atoms with E-state index in [1.165, 1.54) is 33.4 Å². The van der Waals surface area contributed by atoms with Gasteiger partial charge in [-0.3, -0.25) is 0 Å². The number of aryl methyl sites for hydroxylation is 1. The van der Waals surface area contributed by atoms with Crippen molar-refractivity contribution in [2.75, 3.05) is 0 Å². The third kappa shape index (κ3) is 2.20. The number of hydrogen-bond acceptors (Lipinski definition) is 0. The molecule has 2 aromatic carbocycles. The lowest BCUT2D eigenvalue weighted by Gasteiger charge is -2.19. The van der Waals surface area contributed by atoms with Crippen molar-refractivity contribution in [3.8, 4) is 11.1 Å². The first-order valence-corrected chi connectivity index (χ1v) is 7.36. The summed E-state index contributed by atoms with van der Waals surface area (Å²) in [6, 6.07) is 15.3. The fourth-order valence-electron chi connectivity index (χ4n) is 2.99. The third-order valence-electron chi connectivity index (χ3n) is 4.27. The summed E-state index contributed by atoms with van der Waals surface area (Å²) in [6.45, 7) is 9.13. The molecular weight excluding hydrogens is 240 g/mol. The lowest BCUT2D eigenvalue weighted by atomic mass is 9.85. The number of rotatable bonds is 1.